The first-order valence-electron chi connectivity index (χ1n) is 13.7. The van der Waals surface area contributed by atoms with E-state index in [1.807, 2.05) is 59.7 Å². The van der Waals surface area contributed by atoms with Gasteiger partial charge in [-0.2, -0.15) is 0 Å². The molecule has 38 heavy (non-hydrogen) atoms. The van der Waals surface area contributed by atoms with Crippen LogP contribution in [0.5, 0.6) is 0 Å². The summed E-state index contributed by atoms with van der Waals surface area (Å²) in [7, 11) is 0. The van der Waals surface area contributed by atoms with Gasteiger partial charge in [0.2, 0.25) is 0 Å². The van der Waals surface area contributed by atoms with Crippen LogP contribution in [-0.2, 0) is 0 Å². The molecule has 206 valence electrons. The molecule has 0 amide bonds. The van der Waals surface area contributed by atoms with Crippen molar-refractivity contribution in [3.05, 3.63) is 119 Å². The van der Waals surface area contributed by atoms with Crippen molar-refractivity contribution >= 4 is 35.5 Å². The van der Waals surface area contributed by atoms with Crippen molar-refractivity contribution in [2.24, 2.45) is 0 Å². The molecule has 0 aliphatic carbocycles. The van der Waals surface area contributed by atoms with Gasteiger partial charge in [-0.25, -0.2) is 0 Å². The van der Waals surface area contributed by atoms with Crippen molar-refractivity contribution in [1.82, 2.24) is 0 Å². The summed E-state index contributed by atoms with van der Waals surface area (Å²) >= 11 is 6.12. The molecule has 0 radical (unpaired) electrons. The number of aliphatic hydroxyl groups is 1. The fourth-order valence-corrected chi connectivity index (χ4v) is 3.90. The molecule has 0 saturated heterocycles. The standard InChI is InChI=1S/C29H30ClNO.3C2H6/c1-5-23(27(6-2)29(3,4)32)12-8-11-21-9-7-10-22(19-21)13-17-26-18-15-24-14-16-25(30)20-28(24)31-26;3*1-2/h5-11,13-20,26,31-32H,1-2,12H2,3-4H3;3*1-2H3/b11-8+,17-13+,27-23-;;;. The molecule has 1 aliphatic rings. The van der Waals surface area contributed by atoms with Crippen molar-refractivity contribution in [3.63, 3.8) is 0 Å². The van der Waals surface area contributed by atoms with Crippen molar-refractivity contribution in [2.75, 3.05) is 5.32 Å². The Balaban J connectivity index is 0.00000213. The van der Waals surface area contributed by atoms with Crippen molar-refractivity contribution < 1.29 is 5.11 Å². The van der Waals surface area contributed by atoms with Crippen LogP contribution in [0, 0.1) is 0 Å². The van der Waals surface area contributed by atoms with Crippen LogP contribution in [0.15, 0.2) is 97.1 Å². The van der Waals surface area contributed by atoms with E-state index in [1.165, 1.54) is 0 Å². The molecule has 2 N–H and O–H groups in total. The maximum atomic E-state index is 10.3. The Morgan fingerprint density at radius 1 is 0.947 bits per heavy atom. The van der Waals surface area contributed by atoms with E-state index < -0.39 is 5.60 Å². The van der Waals surface area contributed by atoms with Crippen LogP contribution < -0.4 is 5.32 Å². The van der Waals surface area contributed by atoms with E-state index in [4.69, 9.17) is 11.6 Å². The quantitative estimate of drug-likeness (QED) is 0.330. The molecule has 0 fully saturated rings. The van der Waals surface area contributed by atoms with Gasteiger partial charge in [0.1, 0.15) is 0 Å². The molecule has 3 heteroatoms. The van der Waals surface area contributed by atoms with Gasteiger partial charge in [-0.15, -0.1) is 0 Å². The largest absolute Gasteiger partial charge is 0.386 e. The summed E-state index contributed by atoms with van der Waals surface area (Å²) in [6.07, 6.45) is 16.9. The lowest BCUT2D eigenvalue weighted by Crippen LogP contribution is -2.22. The van der Waals surface area contributed by atoms with Crippen LogP contribution in [-0.4, -0.2) is 16.7 Å². The third kappa shape index (κ3) is 11.5. The van der Waals surface area contributed by atoms with Crippen LogP contribution in [0.25, 0.3) is 18.2 Å². The molecule has 1 unspecified atom stereocenters. The van der Waals surface area contributed by atoms with Crippen molar-refractivity contribution in [1.29, 1.82) is 0 Å². The number of anilines is 1. The highest BCUT2D eigenvalue weighted by Gasteiger charge is 2.19. The number of hydrogen-bond acceptors (Lipinski definition) is 2. The van der Waals surface area contributed by atoms with E-state index in [0.29, 0.717) is 6.42 Å². The summed E-state index contributed by atoms with van der Waals surface area (Å²) in [5.41, 5.74) is 5.24. The fraction of sp³-hybridized carbons (Fsp3) is 0.314. The Kier molecular flexibility index (Phi) is 17.5. The minimum absolute atomic E-state index is 0.111. The zero-order valence-corrected chi connectivity index (χ0v) is 25.4. The fourth-order valence-electron chi connectivity index (χ4n) is 3.73. The molecular formula is C35H48ClNO. The second kappa shape index (κ2) is 19.1. The van der Waals surface area contributed by atoms with Gasteiger partial charge in [0, 0.05) is 10.7 Å². The monoisotopic (exact) mass is 533 g/mol. The Morgan fingerprint density at radius 2 is 1.58 bits per heavy atom. The molecule has 1 heterocycles. The molecular weight excluding hydrogens is 486 g/mol. The summed E-state index contributed by atoms with van der Waals surface area (Å²) in [5.74, 6) is 0. The lowest BCUT2D eigenvalue weighted by Gasteiger charge is -2.21. The minimum atomic E-state index is -0.947. The summed E-state index contributed by atoms with van der Waals surface area (Å²) in [4.78, 5) is 0. The molecule has 0 bridgehead atoms. The normalized spacial score (nSPS) is 14.4. The summed E-state index contributed by atoms with van der Waals surface area (Å²) < 4.78 is 0. The first kappa shape index (κ1) is 34.9. The van der Waals surface area contributed by atoms with Gasteiger partial charge < -0.3 is 10.4 Å². The van der Waals surface area contributed by atoms with Crippen LogP contribution >= 0.6 is 11.6 Å². The molecule has 0 saturated carbocycles. The second-order valence-corrected chi connectivity index (χ2v) is 8.74. The zero-order valence-electron chi connectivity index (χ0n) is 24.7. The van der Waals surface area contributed by atoms with E-state index in [2.05, 4.69) is 79.2 Å². The average Bonchev–Trinajstić information content (AvgIpc) is 2.94. The third-order valence-corrected chi connectivity index (χ3v) is 5.57. The van der Waals surface area contributed by atoms with Crippen LogP contribution in [0.1, 0.15) is 78.5 Å². The molecule has 1 atom stereocenters. The van der Waals surface area contributed by atoms with Gasteiger partial charge in [0.15, 0.2) is 0 Å². The molecule has 0 spiro atoms. The molecule has 2 aromatic carbocycles. The number of nitrogens with one attached hydrogen (secondary N) is 1. The zero-order chi connectivity index (χ0) is 29.1. The van der Waals surface area contributed by atoms with Crippen LogP contribution in [0.4, 0.5) is 5.69 Å². The van der Waals surface area contributed by atoms with E-state index in [9.17, 15) is 5.11 Å². The van der Waals surface area contributed by atoms with Gasteiger partial charge in [-0.3, -0.25) is 0 Å². The molecule has 0 aromatic heterocycles. The van der Waals surface area contributed by atoms with Gasteiger partial charge in [-0.05, 0) is 66.3 Å². The Labute approximate surface area is 237 Å². The smallest absolute Gasteiger partial charge is 0.0843 e. The number of halogens is 1. The third-order valence-electron chi connectivity index (χ3n) is 5.33. The summed E-state index contributed by atoms with van der Waals surface area (Å²) in [5, 5.41) is 14.6. The van der Waals surface area contributed by atoms with Gasteiger partial charge >= 0.3 is 0 Å². The highest BCUT2D eigenvalue weighted by Crippen LogP contribution is 2.27. The van der Waals surface area contributed by atoms with E-state index >= 15 is 0 Å². The molecule has 3 rings (SSSR count). The van der Waals surface area contributed by atoms with Gasteiger partial charge in [-0.1, -0.05) is 139 Å². The SMILES string of the molecule is C=C/C(C/C=C/c1cccc(/C=C/C2C=Cc3ccc(Cl)cc3N2)c1)=C(\C=C)C(C)(C)O.CC.CC.CC. The molecule has 1 aliphatic heterocycles. The Bertz CT molecular complexity index is 1110. The topological polar surface area (TPSA) is 32.3 Å². The first-order chi connectivity index (χ1) is 18.3. The lowest BCUT2D eigenvalue weighted by molar-refractivity contribution is 0.123. The number of hydrogen-bond donors (Lipinski definition) is 2. The second-order valence-electron chi connectivity index (χ2n) is 8.30. The number of benzene rings is 2. The highest BCUT2D eigenvalue weighted by atomic mass is 35.5. The first-order valence-corrected chi connectivity index (χ1v) is 14.1. The van der Waals surface area contributed by atoms with Crippen molar-refractivity contribution in [3.8, 4) is 0 Å². The van der Waals surface area contributed by atoms with E-state index in [1.54, 1.807) is 26.0 Å². The molecule has 2 nitrogen and oxygen atoms in total. The van der Waals surface area contributed by atoms with Gasteiger partial charge in [0.05, 0.1) is 11.6 Å². The van der Waals surface area contributed by atoms with Crippen molar-refractivity contribution in [2.45, 2.75) is 73.5 Å². The Hall–Kier alpha value is -3.07. The highest BCUT2D eigenvalue weighted by molar-refractivity contribution is 6.31. The van der Waals surface area contributed by atoms with Gasteiger partial charge in [0.25, 0.3) is 0 Å². The maximum Gasteiger partial charge on any atom is 0.0843 e. The number of fused-ring (bicyclic) bond motifs is 1. The summed E-state index contributed by atoms with van der Waals surface area (Å²) in [6, 6.07) is 14.3. The predicted octanol–water partition coefficient (Wildman–Crippen LogP) is 10.8. The van der Waals surface area contributed by atoms with Crippen LogP contribution in [0.2, 0.25) is 5.02 Å². The predicted molar refractivity (Wildman–Crippen MR) is 175 cm³/mol. The summed E-state index contributed by atoms with van der Waals surface area (Å²) in [6.45, 7) is 23.2. The van der Waals surface area contributed by atoms with Crippen LogP contribution in [0.3, 0.4) is 0 Å². The van der Waals surface area contributed by atoms with E-state index in [0.717, 1.165) is 38.5 Å². The lowest BCUT2D eigenvalue weighted by atomic mass is 9.91. The molecule has 2 aromatic rings. The average molecular weight is 534 g/mol. The number of allylic oxidation sites excluding steroid dienone is 3. The maximum absolute atomic E-state index is 10.3. The number of rotatable bonds is 8. The Morgan fingerprint density at radius 3 is 2.16 bits per heavy atom. The minimum Gasteiger partial charge on any atom is -0.386 e. The van der Waals surface area contributed by atoms with E-state index in [-0.39, 0.29) is 6.04 Å².